The number of fused-ring (bicyclic) bond motifs is 1. The van der Waals surface area contributed by atoms with E-state index in [9.17, 15) is 0 Å². The molecule has 0 unspecified atom stereocenters. The molecule has 0 amide bonds. The molecular formula is C15H17BN3+. The Kier molecular flexibility index (Phi) is 2.86. The maximum Gasteiger partial charge on any atom is 0.399 e. The number of hydrogen-bond donors (Lipinski definition) is 0. The molecule has 3 rings (SSSR count). The summed E-state index contributed by atoms with van der Waals surface area (Å²) in [6, 6.07) is 8.42. The van der Waals surface area contributed by atoms with Crippen molar-refractivity contribution in [2.45, 2.75) is 6.92 Å². The summed E-state index contributed by atoms with van der Waals surface area (Å²) in [5.41, 5.74) is 5.05. The first kappa shape index (κ1) is 12.0. The molecule has 0 spiro atoms. The predicted octanol–water partition coefficient (Wildman–Crippen LogP) is 1.20. The van der Waals surface area contributed by atoms with Crippen molar-refractivity contribution < 1.29 is 4.57 Å². The molecule has 19 heavy (non-hydrogen) atoms. The van der Waals surface area contributed by atoms with E-state index in [4.69, 9.17) is 0 Å². The van der Waals surface area contributed by atoms with E-state index in [1.54, 1.807) is 0 Å². The van der Waals surface area contributed by atoms with Crippen molar-refractivity contribution in [1.82, 2.24) is 4.98 Å². The molecule has 0 fully saturated rings. The van der Waals surface area contributed by atoms with Gasteiger partial charge in [0.05, 0.1) is 0 Å². The van der Waals surface area contributed by atoms with Gasteiger partial charge in [0.25, 0.3) is 0 Å². The number of nitrogens with zero attached hydrogens (tertiary/aromatic N) is 3. The Bertz CT molecular complexity index is 651. The van der Waals surface area contributed by atoms with Gasteiger partial charge in [-0.1, -0.05) is 17.6 Å². The van der Waals surface area contributed by atoms with Crippen LogP contribution in [0, 0.1) is 0 Å². The van der Waals surface area contributed by atoms with E-state index < -0.39 is 0 Å². The Morgan fingerprint density at radius 1 is 1.26 bits per heavy atom. The average molecular weight is 250 g/mol. The standard InChI is InChI=1S/C15H17BN3/c1-12-10-13-11-17-8-7-14(13)19(3)16(12)15-6-4-5-9-18(15)2/h4-11H,1-3H3/q+1. The third-order valence-corrected chi connectivity index (χ3v) is 3.78. The van der Waals surface area contributed by atoms with E-state index in [0.717, 1.165) is 0 Å². The number of pyridine rings is 2. The zero-order chi connectivity index (χ0) is 13.4. The highest BCUT2D eigenvalue weighted by Crippen LogP contribution is 2.28. The Balaban J connectivity index is 2.13. The van der Waals surface area contributed by atoms with E-state index >= 15 is 0 Å². The number of rotatable bonds is 1. The summed E-state index contributed by atoms with van der Waals surface area (Å²) in [4.78, 5) is 6.53. The summed E-state index contributed by atoms with van der Waals surface area (Å²) >= 11 is 0. The summed E-state index contributed by atoms with van der Waals surface area (Å²) in [7, 11) is 4.24. The van der Waals surface area contributed by atoms with Gasteiger partial charge in [0.1, 0.15) is 7.05 Å². The summed E-state index contributed by atoms with van der Waals surface area (Å²) in [5.74, 6) is 0. The van der Waals surface area contributed by atoms with E-state index in [1.165, 1.54) is 22.3 Å². The predicted molar refractivity (Wildman–Crippen MR) is 79.3 cm³/mol. The second kappa shape index (κ2) is 4.54. The summed E-state index contributed by atoms with van der Waals surface area (Å²) in [6.45, 7) is 2.46. The van der Waals surface area contributed by atoms with Crippen molar-refractivity contribution in [1.29, 1.82) is 0 Å². The van der Waals surface area contributed by atoms with Crippen LogP contribution in [0.5, 0.6) is 0 Å². The largest absolute Gasteiger partial charge is 0.404 e. The SMILES string of the molecule is CC1=Cc2cnccc2N(C)B1c1cccc[n+]1C. The monoisotopic (exact) mass is 250 g/mol. The first-order chi connectivity index (χ1) is 9.18. The summed E-state index contributed by atoms with van der Waals surface area (Å²) in [5, 5.41) is 0. The molecule has 3 nitrogen and oxygen atoms in total. The van der Waals surface area contributed by atoms with Gasteiger partial charge in [-0.15, -0.1) is 0 Å². The lowest BCUT2D eigenvalue weighted by Crippen LogP contribution is -2.61. The van der Waals surface area contributed by atoms with Crippen LogP contribution in [0.4, 0.5) is 5.69 Å². The number of allylic oxidation sites excluding steroid dienone is 1. The molecule has 0 aliphatic carbocycles. The Morgan fingerprint density at radius 3 is 2.89 bits per heavy atom. The van der Waals surface area contributed by atoms with E-state index in [1.807, 2.05) is 12.4 Å². The van der Waals surface area contributed by atoms with Gasteiger partial charge in [-0.25, -0.2) is 4.57 Å². The van der Waals surface area contributed by atoms with Crippen molar-refractivity contribution >= 4 is 24.2 Å². The van der Waals surface area contributed by atoms with Gasteiger partial charge in [0, 0.05) is 29.7 Å². The third kappa shape index (κ3) is 1.93. The fourth-order valence-electron chi connectivity index (χ4n) is 2.85. The van der Waals surface area contributed by atoms with Crippen LogP contribution in [-0.2, 0) is 7.05 Å². The lowest BCUT2D eigenvalue weighted by Gasteiger charge is -2.31. The van der Waals surface area contributed by atoms with Crippen LogP contribution < -0.4 is 15.0 Å². The first-order valence-corrected chi connectivity index (χ1v) is 6.48. The van der Waals surface area contributed by atoms with Gasteiger partial charge in [-0.3, -0.25) is 4.98 Å². The lowest BCUT2D eigenvalue weighted by molar-refractivity contribution is -0.654. The van der Waals surface area contributed by atoms with Gasteiger partial charge in [-0.05, 0) is 26.1 Å². The molecule has 0 saturated carbocycles. The topological polar surface area (TPSA) is 20.0 Å². The van der Waals surface area contributed by atoms with Crippen LogP contribution in [0.1, 0.15) is 12.5 Å². The van der Waals surface area contributed by atoms with Gasteiger partial charge < -0.3 is 4.81 Å². The number of aryl methyl sites for hydroxylation is 1. The zero-order valence-corrected chi connectivity index (χ0v) is 11.5. The summed E-state index contributed by atoms with van der Waals surface area (Å²) < 4.78 is 2.19. The highest BCUT2D eigenvalue weighted by atomic mass is 15.1. The van der Waals surface area contributed by atoms with Crippen LogP contribution in [0.2, 0.25) is 0 Å². The van der Waals surface area contributed by atoms with Crippen LogP contribution in [-0.4, -0.2) is 18.9 Å². The van der Waals surface area contributed by atoms with Crippen LogP contribution >= 0.6 is 0 Å². The molecule has 0 radical (unpaired) electrons. The quantitative estimate of drug-likeness (QED) is 0.559. The minimum atomic E-state index is 0.279. The molecule has 0 saturated heterocycles. The minimum absolute atomic E-state index is 0.279. The van der Waals surface area contributed by atoms with Crippen molar-refractivity contribution in [3.8, 4) is 0 Å². The molecule has 94 valence electrons. The number of hydrogen-bond acceptors (Lipinski definition) is 2. The molecule has 2 aromatic rings. The molecule has 3 heterocycles. The maximum atomic E-state index is 4.21. The van der Waals surface area contributed by atoms with Gasteiger partial charge in [0.2, 0.25) is 0 Å². The Hall–Kier alpha value is -2.10. The number of aromatic nitrogens is 2. The molecule has 1 aliphatic rings. The molecule has 2 aromatic heterocycles. The third-order valence-electron chi connectivity index (χ3n) is 3.78. The molecule has 0 N–H and O–H groups in total. The second-order valence-corrected chi connectivity index (χ2v) is 5.07. The van der Waals surface area contributed by atoms with Crippen LogP contribution in [0.25, 0.3) is 6.08 Å². The van der Waals surface area contributed by atoms with Gasteiger partial charge >= 0.3 is 6.85 Å². The zero-order valence-electron chi connectivity index (χ0n) is 11.5. The smallest absolute Gasteiger partial charge is 0.399 e. The summed E-state index contributed by atoms with van der Waals surface area (Å²) in [6.07, 6.45) is 8.11. The van der Waals surface area contributed by atoms with E-state index in [0.29, 0.717) is 0 Å². The Morgan fingerprint density at radius 2 is 2.11 bits per heavy atom. The fourth-order valence-corrected chi connectivity index (χ4v) is 2.85. The highest BCUT2D eigenvalue weighted by Gasteiger charge is 2.35. The van der Waals surface area contributed by atoms with Crippen molar-refractivity contribution in [3.05, 3.63) is 53.9 Å². The minimum Gasteiger partial charge on any atom is -0.404 e. The second-order valence-electron chi connectivity index (χ2n) is 5.07. The first-order valence-electron chi connectivity index (χ1n) is 6.48. The number of anilines is 1. The lowest BCUT2D eigenvalue weighted by atomic mass is 9.49. The molecule has 1 aliphatic heterocycles. The van der Waals surface area contributed by atoms with Crippen LogP contribution in [0.15, 0.2) is 48.3 Å². The molecular weight excluding hydrogens is 233 g/mol. The van der Waals surface area contributed by atoms with Crippen molar-refractivity contribution in [2.24, 2.45) is 7.05 Å². The van der Waals surface area contributed by atoms with Gasteiger partial charge in [-0.2, -0.15) is 0 Å². The fraction of sp³-hybridized carbons (Fsp3) is 0.200. The highest BCUT2D eigenvalue weighted by molar-refractivity contribution is 6.82. The van der Waals surface area contributed by atoms with Crippen molar-refractivity contribution in [2.75, 3.05) is 11.9 Å². The van der Waals surface area contributed by atoms with Crippen molar-refractivity contribution in [3.63, 3.8) is 0 Å². The Labute approximate surface area is 114 Å². The van der Waals surface area contributed by atoms with E-state index in [-0.39, 0.29) is 6.85 Å². The molecule has 0 aromatic carbocycles. The normalized spacial score (nSPS) is 14.2. The maximum absolute atomic E-state index is 4.21. The molecule has 0 bridgehead atoms. The molecule has 0 atom stereocenters. The average Bonchev–Trinajstić information content (AvgIpc) is 2.41. The molecule has 4 heteroatoms. The van der Waals surface area contributed by atoms with Gasteiger partial charge in [0.15, 0.2) is 11.8 Å². The van der Waals surface area contributed by atoms with E-state index in [2.05, 4.69) is 71.9 Å². The van der Waals surface area contributed by atoms with Crippen LogP contribution in [0.3, 0.4) is 0 Å².